The summed E-state index contributed by atoms with van der Waals surface area (Å²) in [6.45, 7) is 2.19. The van der Waals surface area contributed by atoms with Gasteiger partial charge in [-0.25, -0.2) is 4.39 Å². The Labute approximate surface area is 114 Å². The van der Waals surface area contributed by atoms with E-state index in [9.17, 15) is 9.18 Å². The van der Waals surface area contributed by atoms with Gasteiger partial charge < -0.3 is 9.84 Å². The lowest BCUT2D eigenvalue weighted by Gasteiger charge is -2.04. The standard InChI is InChI=1S/C13H13FN2O2S/c1-9-10(7-16-18-9)6-15-13(17)8-19-12-4-2-11(14)3-5-12/h2-5,7H,6,8H2,1H3,(H,15,17). The van der Waals surface area contributed by atoms with Gasteiger partial charge in [-0.3, -0.25) is 4.79 Å². The summed E-state index contributed by atoms with van der Waals surface area (Å²) in [6.07, 6.45) is 1.59. The monoisotopic (exact) mass is 280 g/mol. The molecule has 19 heavy (non-hydrogen) atoms. The van der Waals surface area contributed by atoms with E-state index in [1.165, 1.54) is 23.9 Å². The van der Waals surface area contributed by atoms with Crippen LogP contribution in [-0.4, -0.2) is 16.8 Å². The Kier molecular flexibility index (Phi) is 4.57. The molecule has 1 N–H and O–H groups in total. The van der Waals surface area contributed by atoms with E-state index < -0.39 is 0 Å². The Morgan fingerprint density at radius 3 is 2.79 bits per heavy atom. The highest BCUT2D eigenvalue weighted by atomic mass is 32.2. The molecule has 2 aromatic rings. The summed E-state index contributed by atoms with van der Waals surface area (Å²) in [5.74, 6) is 0.619. The number of amides is 1. The quantitative estimate of drug-likeness (QED) is 0.855. The lowest BCUT2D eigenvalue weighted by molar-refractivity contribution is -0.118. The summed E-state index contributed by atoms with van der Waals surface area (Å²) < 4.78 is 17.6. The second-order valence-electron chi connectivity index (χ2n) is 3.93. The van der Waals surface area contributed by atoms with Gasteiger partial charge in [0.25, 0.3) is 0 Å². The van der Waals surface area contributed by atoms with Crippen LogP contribution in [0.5, 0.6) is 0 Å². The van der Waals surface area contributed by atoms with E-state index in [1.807, 2.05) is 0 Å². The van der Waals surface area contributed by atoms with Crippen LogP contribution in [0.2, 0.25) is 0 Å². The van der Waals surface area contributed by atoms with E-state index in [0.717, 1.165) is 10.5 Å². The van der Waals surface area contributed by atoms with Crippen LogP contribution in [0.1, 0.15) is 11.3 Å². The minimum atomic E-state index is -0.281. The molecule has 0 saturated heterocycles. The van der Waals surface area contributed by atoms with Gasteiger partial charge in [-0.15, -0.1) is 11.8 Å². The fourth-order valence-electron chi connectivity index (χ4n) is 1.41. The SMILES string of the molecule is Cc1oncc1CNC(=O)CSc1ccc(F)cc1. The van der Waals surface area contributed by atoms with Crippen LogP contribution in [0.15, 0.2) is 39.9 Å². The van der Waals surface area contributed by atoms with E-state index in [2.05, 4.69) is 10.5 Å². The molecule has 0 aliphatic heterocycles. The number of aromatic nitrogens is 1. The third-order valence-electron chi connectivity index (χ3n) is 2.51. The van der Waals surface area contributed by atoms with Crippen molar-refractivity contribution in [3.8, 4) is 0 Å². The second-order valence-corrected chi connectivity index (χ2v) is 4.98. The molecule has 6 heteroatoms. The minimum absolute atomic E-state index is 0.0880. The number of nitrogens with zero attached hydrogens (tertiary/aromatic N) is 1. The van der Waals surface area contributed by atoms with Crippen molar-refractivity contribution in [1.82, 2.24) is 10.5 Å². The van der Waals surface area contributed by atoms with Crippen LogP contribution >= 0.6 is 11.8 Å². The van der Waals surface area contributed by atoms with Crippen LogP contribution < -0.4 is 5.32 Å². The number of nitrogens with one attached hydrogen (secondary N) is 1. The Bertz CT molecular complexity index is 554. The highest BCUT2D eigenvalue weighted by Gasteiger charge is 2.06. The van der Waals surface area contributed by atoms with Crippen molar-refractivity contribution in [2.24, 2.45) is 0 Å². The summed E-state index contributed by atoms with van der Waals surface area (Å²) in [4.78, 5) is 12.5. The summed E-state index contributed by atoms with van der Waals surface area (Å²) in [6, 6.07) is 6.05. The van der Waals surface area contributed by atoms with E-state index in [0.29, 0.717) is 12.3 Å². The van der Waals surface area contributed by atoms with Crippen LogP contribution in [0, 0.1) is 12.7 Å². The summed E-state index contributed by atoms with van der Waals surface area (Å²) in [7, 11) is 0. The van der Waals surface area contributed by atoms with E-state index in [-0.39, 0.29) is 17.5 Å². The molecule has 0 atom stereocenters. The maximum absolute atomic E-state index is 12.7. The molecule has 1 amide bonds. The number of hydrogen-bond acceptors (Lipinski definition) is 4. The average molecular weight is 280 g/mol. The molecule has 1 aromatic carbocycles. The first-order valence-corrected chi connectivity index (χ1v) is 6.69. The number of aryl methyl sites for hydroxylation is 1. The molecule has 4 nitrogen and oxygen atoms in total. The number of halogens is 1. The van der Waals surface area contributed by atoms with Crippen LogP contribution in [0.3, 0.4) is 0 Å². The number of carbonyl (C=O) groups is 1. The van der Waals surface area contributed by atoms with Gasteiger partial charge in [-0.1, -0.05) is 5.16 Å². The molecule has 0 bridgehead atoms. The first-order chi connectivity index (χ1) is 9.15. The summed E-state index contributed by atoms with van der Waals surface area (Å²) in [5, 5.41) is 6.41. The van der Waals surface area contributed by atoms with Crippen molar-refractivity contribution in [3.05, 3.63) is 47.6 Å². The minimum Gasteiger partial charge on any atom is -0.361 e. The van der Waals surface area contributed by atoms with Gasteiger partial charge in [0.05, 0.1) is 11.9 Å². The molecular formula is C13H13FN2O2S. The molecule has 0 saturated carbocycles. The molecule has 1 heterocycles. The molecule has 0 aliphatic rings. The molecular weight excluding hydrogens is 267 g/mol. The highest BCUT2D eigenvalue weighted by molar-refractivity contribution is 8.00. The normalized spacial score (nSPS) is 10.4. The molecule has 0 unspecified atom stereocenters. The smallest absolute Gasteiger partial charge is 0.230 e. The van der Waals surface area contributed by atoms with Crippen molar-refractivity contribution < 1.29 is 13.7 Å². The molecule has 0 aliphatic carbocycles. The Hall–Kier alpha value is -1.82. The molecule has 0 spiro atoms. The maximum atomic E-state index is 12.7. The Balaban J connectivity index is 1.76. The van der Waals surface area contributed by atoms with Crippen LogP contribution in [0.4, 0.5) is 4.39 Å². The number of carbonyl (C=O) groups excluding carboxylic acids is 1. The van der Waals surface area contributed by atoms with Gasteiger partial charge in [0, 0.05) is 17.0 Å². The van der Waals surface area contributed by atoms with Gasteiger partial charge in [0.2, 0.25) is 5.91 Å². The van der Waals surface area contributed by atoms with Gasteiger partial charge in [0.15, 0.2) is 0 Å². The fraction of sp³-hybridized carbons (Fsp3) is 0.231. The second kappa shape index (κ2) is 6.38. The molecule has 2 rings (SSSR count). The summed E-state index contributed by atoms with van der Waals surface area (Å²) >= 11 is 1.36. The van der Waals surface area contributed by atoms with Gasteiger partial charge in [-0.2, -0.15) is 0 Å². The summed E-state index contributed by atoms with van der Waals surface area (Å²) in [5.41, 5.74) is 0.861. The first-order valence-electron chi connectivity index (χ1n) is 5.70. The fourth-order valence-corrected chi connectivity index (χ4v) is 2.14. The highest BCUT2D eigenvalue weighted by Crippen LogP contribution is 2.17. The van der Waals surface area contributed by atoms with Crippen molar-refractivity contribution in [1.29, 1.82) is 0 Å². The largest absolute Gasteiger partial charge is 0.361 e. The maximum Gasteiger partial charge on any atom is 0.230 e. The molecule has 100 valence electrons. The van der Waals surface area contributed by atoms with E-state index in [1.54, 1.807) is 25.3 Å². The zero-order valence-electron chi connectivity index (χ0n) is 10.4. The third-order valence-corrected chi connectivity index (χ3v) is 3.52. The van der Waals surface area contributed by atoms with Crippen LogP contribution in [-0.2, 0) is 11.3 Å². The zero-order valence-corrected chi connectivity index (χ0v) is 11.2. The van der Waals surface area contributed by atoms with Crippen molar-refractivity contribution in [2.45, 2.75) is 18.4 Å². The lowest BCUT2D eigenvalue weighted by Crippen LogP contribution is -2.24. The third kappa shape index (κ3) is 4.10. The molecule has 1 aromatic heterocycles. The van der Waals surface area contributed by atoms with E-state index >= 15 is 0 Å². The van der Waals surface area contributed by atoms with Crippen molar-refractivity contribution >= 4 is 17.7 Å². The van der Waals surface area contributed by atoms with Gasteiger partial charge in [-0.05, 0) is 31.2 Å². The Morgan fingerprint density at radius 2 is 2.16 bits per heavy atom. The van der Waals surface area contributed by atoms with Gasteiger partial charge >= 0.3 is 0 Å². The number of hydrogen-bond donors (Lipinski definition) is 1. The zero-order chi connectivity index (χ0) is 13.7. The molecule has 0 fully saturated rings. The Morgan fingerprint density at radius 1 is 1.42 bits per heavy atom. The predicted octanol–water partition coefficient (Wildman–Crippen LogP) is 2.53. The van der Waals surface area contributed by atoms with Crippen LogP contribution in [0.25, 0.3) is 0 Å². The van der Waals surface area contributed by atoms with Gasteiger partial charge in [0.1, 0.15) is 11.6 Å². The number of benzene rings is 1. The predicted molar refractivity (Wildman–Crippen MR) is 70.2 cm³/mol. The van der Waals surface area contributed by atoms with Crippen molar-refractivity contribution in [2.75, 3.05) is 5.75 Å². The van der Waals surface area contributed by atoms with Crippen molar-refractivity contribution in [3.63, 3.8) is 0 Å². The molecule has 0 radical (unpaired) electrons. The first kappa shape index (κ1) is 13.6. The number of thioether (sulfide) groups is 1. The lowest BCUT2D eigenvalue weighted by atomic mass is 10.3. The topological polar surface area (TPSA) is 55.1 Å². The van der Waals surface area contributed by atoms with E-state index in [4.69, 9.17) is 4.52 Å². The average Bonchev–Trinajstić information content (AvgIpc) is 2.81. The number of rotatable bonds is 5.